The highest BCUT2D eigenvalue weighted by Crippen LogP contribution is 2.58. The zero-order valence-electron chi connectivity index (χ0n) is 24.7. The molecule has 1 spiro atoms. The molecular weight excluding hydrogens is 534 g/mol. The van der Waals surface area contributed by atoms with Crippen molar-refractivity contribution < 1.29 is 4.42 Å². The second-order valence-electron chi connectivity index (χ2n) is 12.4. The van der Waals surface area contributed by atoms with Crippen molar-refractivity contribution in [3.05, 3.63) is 151 Å². The molecule has 1 saturated carbocycles. The van der Waals surface area contributed by atoms with Gasteiger partial charge >= 0.3 is 0 Å². The van der Waals surface area contributed by atoms with Crippen LogP contribution in [0.2, 0.25) is 0 Å². The van der Waals surface area contributed by atoms with Gasteiger partial charge < -0.3 is 9.32 Å². The van der Waals surface area contributed by atoms with Gasteiger partial charge in [-0.15, -0.1) is 0 Å². The Morgan fingerprint density at radius 3 is 1.95 bits per heavy atom. The van der Waals surface area contributed by atoms with Crippen molar-refractivity contribution in [3.63, 3.8) is 0 Å². The van der Waals surface area contributed by atoms with Crippen LogP contribution in [0.25, 0.3) is 44.2 Å². The molecule has 0 amide bonds. The van der Waals surface area contributed by atoms with Crippen LogP contribution in [0.15, 0.2) is 144 Å². The maximum absolute atomic E-state index is 6.16. The number of nitrogens with zero attached hydrogens (tertiary/aromatic N) is 1. The molecule has 0 radical (unpaired) electrons. The minimum Gasteiger partial charge on any atom is -0.456 e. The monoisotopic (exact) mass is 567 g/mol. The third kappa shape index (κ3) is 3.87. The van der Waals surface area contributed by atoms with Gasteiger partial charge in [0, 0.05) is 21.9 Å². The average Bonchev–Trinajstić information content (AvgIpc) is 3.48. The van der Waals surface area contributed by atoms with E-state index >= 15 is 0 Å². The molecule has 1 aromatic heterocycles. The van der Waals surface area contributed by atoms with Gasteiger partial charge in [0.1, 0.15) is 11.2 Å². The first-order valence-electron chi connectivity index (χ1n) is 15.9. The molecule has 2 heterocycles. The summed E-state index contributed by atoms with van der Waals surface area (Å²) in [5.41, 5.74) is 13.6. The van der Waals surface area contributed by atoms with Crippen LogP contribution in [0.5, 0.6) is 0 Å². The van der Waals surface area contributed by atoms with Crippen molar-refractivity contribution in [3.8, 4) is 22.3 Å². The predicted octanol–water partition coefficient (Wildman–Crippen LogP) is 12.0. The molecule has 6 aromatic carbocycles. The van der Waals surface area contributed by atoms with E-state index in [0.717, 1.165) is 11.2 Å². The first kappa shape index (κ1) is 25.4. The van der Waals surface area contributed by atoms with Crippen LogP contribution < -0.4 is 4.90 Å². The van der Waals surface area contributed by atoms with Crippen LogP contribution >= 0.6 is 0 Å². The molecule has 2 nitrogen and oxygen atoms in total. The first-order chi connectivity index (χ1) is 21.8. The highest BCUT2D eigenvalue weighted by atomic mass is 16.3. The number of para-hydroxylation sites is 2. The third-order valence-electron chi connectivity index (χ3n) is 10.1. The van der Waals surface area contributed by atoms with Crippen molar-refractivity contribution in [2.75, 3.05) is 4.90 Å². The summed E-state index contributed by atoms with van der Waals surface area (Å²) in [6.45, 7) is 0. The molecule has 0 saturated heterocycles. The Morgan fingerprint density at radius 1 is 0.455 bits per heavy atom. The smallest absolute Gasteiger partial charge is 0.135 e. The number of furan rings is 1. The second kappa shape index (κ2) is 9.99. The van der Waals surface area contributed by atoms with E-state index in [-0.39, 0.29) is 5.41 Å². The molecule has 2 aliphatic rings. The van der Waals surface area contributed by atoms with E-state index in [9.17, 15) is 0 Å². The summed E-state index contributed by atoms with van der Waals surface area (Å²) in [6, 6.07) is 51.1. The Hall–Kier alpha value is -5.08. The maximum atomic E-state index is 6.16. The molecule has 0 bridgehead atoms. The summed E-state index contributed by atoms with van der Waals surface area (Å²) in [5.74, 6) is 0. The molecule has 1 aliphatic heterocycles. The SMILES string of the molecule is c1ccc(-c2ccc(N3c4ccccc4C4(CCCCC4)c4cc(-c5ccc6oc7ccccc7c6c5)ccc43)cc2)cc1. The van der Waals surface area contributed by atoms with Gasteiger partial charge in [-0.2, -0.15) is 0 Å². The van der Waals surface area contributed by atoms with Crippen molar-refractivity contribution in [1.82, 2.24) is 0 Å². The van der Waals surface area contributed by atoms with E-state index in [1.54, 1.807) is 0 Å². The summed E-state index contributed by atoms with van der Waals surface area (Å²) in [6.07, 6.45) is 6.21. The Morgan fingerprint density at radius 2 is 1.09 bits per heavy atom. The largest absolute Gasteiger partial charge is 0.456 e. The zero-order chi connectivity index (χ0) is 29.1. The minimum absolute atomic E-state index is 0.0209. The lowest BCUT2D eigenvalue weighted by atomic mass is 9.62. The molecule has 0 unspecified atom stereocenters. The molecule has 0 N–H and O–H groups in total. The third-order valence-corrected chi connectivity index (χ3v) is 10.1. The number of hydrogen-bond donors (Lipinski definition) is 0. The molecule has 2 heteroatoms. The number of rotatable bonds is 3. The summed E-state index contributed by atoms with van der Waals surface area (Å²) >= 11 is 0. The number of anilines is 3. The van der Waals surface area contributed by atoms with Gasteiger partial charge in [-0.1, -0.05) is 110 Å². The summed E-state index contributed by atoms with van der Waals surface area (Å²) in [5, 5.41) is 2.35. The van der Waals surface area contributed by atoms with E-state index in [4.69, 9.17) is 4.42 Å². The van der Waals surface area contributed by atoms with E-state index in [2.05, 4.69) is 138 Å². The van der Waals surface area contributed by atoms with Crippen molar-refractivity contribution in [2.24, 2.45) is 0 Å². The lowest BCUT2D eigenvalue weighted by Crippen LogP contribution is -2.37. The molecule has 0 atom stereocenters. The molecule has 9 rings (SSSR count). The average molecular weight is 568 g/mol. The normalized spacial score (nSPS) is 15.4. The fourth-order valence-corrected chi connectivity index (χ4v) is 7.95. The molecule has 1 fully saturated rings. The Labute approximate surface area is 258 Å². The molecule has 7 aromatic rings. The van der Waals surface area contributed by atoms with Gasteiger partial charge in [-0.25, -0.2) is 0 Å². The maximum Gasteiger partial charge on any atom is 0.135 e. The summed E-state index contributed by atoms with van der Waals surface area (Å²) < 4.78 is 6.16. The van der Waals surface area contributed by atoms with Gasteiger partial charge in [0.2, 0.25) is 0 Å². The van der Waals surface area contributed by atoms with E-state index in [1.165, 1.54) is 93.3 Å². The predicted molar refractivity (Wildman–Crippen MR) is 183 cm³/mol. The number of fused-ring (bicyclic) bond motifs is 7. The van der Waals surface area contributed by atoms with Gasteiger partial charge in [-0.05, 0) is 94.8 Å². The lowest BCUT2D eigenvalue weighted by molar-refractivity contribution is 0.344. The van der Waals surface area contributed by atoms with Crippen LogP contribution in [0.3, 0.4) is 0 Å². The topological polar surface area (TPSA) is 16.4 Å². The van der Waals surface area contributed by atoms with Crippen molar-refractivity contribution in [1.29, 1.82) is 0 Å². The van der Waals surface area contributed by atoms with Crippen LogP contribution in [-0.4, -0.2) is 0 Å². The van der Waals surface area contributed by atoms with Gasteiger partial charge in [0.15, 0.2) is 0 Å². The van der Waals surface area contributed by atoms with Crippen molar-refractivity contribution in [2.45, 2.75) is 37.5 Å². The van der Waals surface area contributed by atoms with E-state index in [1.807, 2.05) is 6.07 Å². The molecule has 212 valence electrons. The highest BCUT2D eigenvalue weighted by molar-refractivity contribution is 6.06. The summed E-state index contributed by atoms with van der Waals surface area (Å²) in [7, 11) is 0. The standard InChI is InChI=1S/C42H33NO/c1-3-11-29(12-4-1)30-17-21-33(22-18-30)43-38-15-7-6-14-36(38)42(25-9-2-10-26-42)37-28-32(19-23-39(37)43)31-20-24-41-35(27-31)34-13-5-8-16-40(34)44-41/h1,3-8,11-24,27-28H,2,9-10,25-26H2. The Kier molecular flexibility index (Phi) is 5.77. The fourth-order valence-electron chi connectivity index (χ4n) is 7.95. The second-order valence-corrected chi connectivity index (χ2v) is 12.4. The van der Waals surface area contributed by atoms with Crippen LogP contribution in [0.4, 0.5) is 17.1 Å². The molecule has 44 heavy (non-hydrogen) atoms. The minimum atomic E-state index is 0.0209. The zero-order valence-corrected chi connectivity index (χ0v) is 24.7. The van der Waals surface area contributed by atoms with Crippen LogP contribution in [0, 0.1) is 0 Å². The molecular formula is C42H33NO. The molecule has 1 aliphatic carbocycles. The fraction of sp³-hybridized carbons (Fsp3) is 0.143. The van der Waals surface area contributed by atoms with E-state index < -0.39 is 0 Å². The van der Waals surface area contributed by atoms with Crippen LogP contribution in [0.1, 0.15) is 43.2 Å². The van der Waals surface area contributed by atoms with Gasteiger partial charge in [-0.3, -0.25) is 0 Å². The highest BCUT2D eigenvalue weighted by Gasteiger charge is 2.44. The lowest BCUT2D eigenvalue weighted by Gasteiger charge is -2.47. The quantitative estimate of drug-likeness (QED) is 0.211. The number of hydrogen-bond acceptors (Lipinski definition) is 2. The summed E-state index contributed by atoms with van der Waals surface area (Å²) in [4.78, 5) is 2.50. The first-order valence-corrected chi connectivity index (χ1v) is 15.9. The van der Waals surface area contributed by atoms with Gasteiger partial charge in [0.05, 0.1) is 11.4 Å². The van der Waals surface area contributed by atoms with E-state index in [0.29, 0.717) is 0 Å². The van der Waals surface area contributed by atoms with Crippen molar-refractivity contribution >= 4 is 39.0 Å². The Bertz CT molecular complexity index is 2150. The Balaban J connectivity index is 1.22. The van der Waals surface area contributed by atoms with Gasteiger partial charge in [0.25, 0.3) is 0 Å². The number of benzene rings is 6. The van der Waals surface area contributed by atoms with Crippen LogP contribution in [-0.2, 0) is 5.41 Å².